The first-order valence-corrected chi connectivity index (χ1v) is 10.8. The molecule has 4 rings (SSSR count). The SMILES string of the molecule is COc1cc(C=C2OC(C)(C)CN([C@@H](C)c3ccc(F)nc3F)C2=O)ccc1-n1cnc(C)c1. The number of imidazole rings is 1. The van der Waals surface area contributed by atoms with Crippen LogP contribution in [0.3, 0.4) is 0 Å². The summed E-state index contributed by atoms with van der Waals surface area (Å²) in [6.45, 7) is 7.49. The molecule has 0 spiro atoms. The molecule has 1 aliphatic rings. The largest absolute Gasteiger partial charge is 0.495 e. The van der Waals surface area contributed by atoms with Gasteiger partial charge in [-0.25, -0.2) is 4.98 Å². The van der Waals surface area contributed by atoms with Gasteiger partial charge in [0.05, 0.1) is 37.4 Å². The number of aryl methyl sites for hydroxylation is 1. The number of carbonyl (C=O) groups excluding carboxylic acids is 1. The van der Waals surface area contributed by atoms with Crippen LogP contribution in [0.2, 0.25) is 0 Å². The van der Waals surface area contributed by atoms with E-state index in [1.54, 1.807) is 32.5 Å². The van der Waals surface area contributed by atoms with Gasteiger partial charge in [0, 0.05) is 11.8 Å². The summed E-state index contributed by atoms with van der Waals surface area (Å²) in [6.07, 6.45) is 5.22. The van der Waals surface area contributed by atoms with E-state index >= 15 is 0 Å². The molecular weight excluding hydrogens is 442 g/mol. The molecule has 3 aromatic rings. The Bertz CT molecular complexity index is 1270. The number of amides is 1. The fourth-order valence-corrected chi connectivity index (χ4v) is 4.01. The van der Waals surface area contributed by atoms with Crippen LogP contribution in [0.25, 0.3) is 11.8 Å². The maximum atomic E-state index is 14.3. The predicted octanol–water partition coefficient (Wildman–Crippen LogP) is 4.60. The van der Waals surface area contributed by atoms with E-state index in [2.05, 4.69) is 9.97 Å². The fraction of sp³-hybridized carbons (Fsp3) is 0.320. The van der Waals surface area contributed by atoms with Crippen molar-refractivity contribution in [2.45, 2.75) is 39.3 Å². The van der Waals surface area contributed by atoms with Gasteiger partial charge in [-0.15, -0.1) is 0 Å². The number of morpholine rings is 1. The first-order chi connectivity index (χ1) is 16.1. The summed E-state index contributed by atoms with van der Waals surface area (Å²) < 4.78 is 41.0. The van der Waals surface area contributed by atoms with E-state index in [0.29, 0.717) is 11.3 Å². The van der Waals surface area contributed by atoms with Gasteiger partial charge in [0.15, 0.2) is 5.76 Å². The number of methoxy groups -OCH3 is 1. The van der Waals surface area contributed by atoms with Crippen LogP contribution < -0.4 is 4.74 Å². The average molecular weight is 469 g/mol. The molecule has 34 heavy (non-hydrogen) atoms. The Kier molecular flexibility index (Phi) is 6.12. The highest BCUT2D eigenvalue weighted by molar-refractivity contribution is 5.97. The number of aromatic nitrogens is 3. The van der Waals surface area contributed by atoms with Crippen molar-refractivity contribution in [3.63, 3.8) is 0 Å². The molecule has 0 unspecified atom stereocenters. The van der Waals surface area contributed by atoms with Crippen molar-refractivity contribution in [1.82, 2.24) is 19.4 Å². The number of nitrogens with zero attached hydrogens (tertiary/aromatic N) is 4. The van der Waals surface area contributed by atoms with E-state index in [0.717, 1.165) is 17.4 Å². The zero-order valence-electron chi connectivity index (χ0n) is 19.7. The van der Waals surface area contributed by atoms with Crippen LogP contribution in [0.15, 0.2) is 48.6 Å². The van der Waals surface area contributed by atoms with Gasteiger partial charge in [-0.2, -0.15) is 13.8 Å². The second-order valence-corrected chi connectivity index (χ2v) is 8.85. The summed E-state index contributed by atoms with van der Waals surface area (Å²) >= 11 is 0. The van der Waals surface area contributed by atoms with Crippen molar-refractivity contribution in [3.8, 4) is 11.4 Å². The van der Waals surface area contributed by atoms with Gasteiger partial charge in [0.25, 0.3) is 5.91 Å². The molecule has 1 aromatic carbocycles. The number of pyridine rings is 1. The highest BCUT2D eigenvalue weighted by atomic mass is 19.1. The van der Waals surface area contributed by atoms with E-state index < -0.39 is 29.4 Å². The Morgan fingerprint density at radius 1 is 1.24 bits per heavy atom. The Balaban J connectivity index is 1.68. The fourth-order valence-electron chi connectivity index (χ4n) is 4.01. The highest BCUT2D eigenvalue weighted by Crippen LogP contribution is 2.34. The van der Waals surface area contributed by atoms with E-state index in [9.17, 15) is 13.6 Å². The third-order valence-electron chi connectivity index (χ3n) is 5.66. The van der Waals surface area contributed by atoms with Gasteiger partial charge in [0.1, 0.15) is 11.4 Å². The average Bonchev–Trinajstić information content (AvgIpc) is 3.21. The molecule has 0 aliphatic carbocycles. The molecule has 1 amide bonds. The number of halogens is 2. The minimum Gasteiger partial charge on any atom is -0.495 e. The Morgan fingerprint density at radius 2 is 2.00 bits per heavy atom. The van der Waals surface area contributed by atoms with Crippen LogP contribution >= 0.6 is 0 Å². The number of rotatable bonds is 5. The summed E-state index contributed by atoms with van der Waals surface area (Å²) in [4.78, 5) is 22.3. The lowest BCUT2D eigenvalue weighted by molar-refractivity contribution is -0.149. The lowest BCUT2D eigenvalue weighted by atomic mass is 10.0. The van der Waals surface area contributed by atoms with Crippen molar-refractivity contribution in [2.75, 3.05) is 13.7 Å². The molecule has 1 atom stereocenters. The molecule has 0 saturated carbocycles. The van der Waals surface area contributed by atoms with E-state index in [1.807, 2.05) is 43.7 Å². The lowest BCUT2D eigenvalue weighted by Crippen LogP contribution is -2.51. The van der Waals surface area contributed by atoms with Crippen molar-refractivity contribution < 1.29 is 23.0 Å². The maximum absolute atomic E-state index is 14.3. The molecule has 0 radical (unpaired) electrons. The Labute approximate surface area is 196 Å². The Morgan fingerprint density at radius 3 is 2.65 bits per heavy atom. The molecule has 0 N–H and O–H groups in total. The predicted molar refractivity (Wildman–Crippen MR) is 122 cm³/mol. The second-order valence-electron chi connectivity index (χ2n) is 8.85. The topological polar surface area (TPSA) is 69.5 Å². The number of carbonyl (C=O) groups is 1. The summed E-state index contributed by atoms with van der Waals surface area (Å²) in [7, 11) is 1.57. The number of hydrogen-bond acceptors (Lipinski definition) is 5. The van der Waals surface area contributed by atoms with Crippen LogP contribution in [0.4, 0.5) is 8.78 Å². The Hall–Kier alpha value is -3.75. The van der Waals surface area contributed by atoms with Gasteiger partial charge >= 0.3 is 0 Å². The first kappa shape index (κ1) is 23.4. The van der Waals surface area contributed by atoms with Crippen LogP contribution in [0.1, 0.15) is 43.6 Å². The van der Waals surface area contributed by atoms with E-state index in [1.165, 1.54) is 11.0 Å². The third kappa shape index (κ3) is 4.64. The molecule has 1 aliphatic heterocycles. The highest BCUT2D eigenvalue weighted by Gasteiger charge is 2.39. The van der Waals surface area contributed by atoms with Crippen molar-refractivity contribution in [2.24, 2.45) is 0 Å². The second kappa shape index (κ2) is 8.89. The van der Waals surface area contributed by atoms with Crippen molar-refractivity contribution in [3.05, 3.63) is 77.3 Å². The number of hydrogen-bond donors (Lipinski definition) is 0. The van der Waals surface area contributed by atoms with Crippen LogP contribution in [0, 0.1) is 18.8 Å². The molecule has 7 nitrogen and oxygen atoms in total. The van der Waals surface area contributed by atoms with Gasteiger partial charge in [-0.05, 0) is 63.6 Å². The van der Waals surface area contributed by atoms with Crippen molar-refractivity contribution >= 4 is 12.0 Å². The zero-order valence-corrected chi connectivity index (χ0v) is 19.7. The van der Waals surface area contributed by atoms with Crippen LogP contribution in [-0.4, -0.2) is 44.6 Å². The molecule has 1 saturated heterocycles. The van der Waals surface area contributed by atoms with Crippen LogP contribution in [-0.2, 0) is 9.53 Å². The zero-order chi connectivity index (χ0) is 24.6. The van der Waals surface area contributed by atoms with E-state index in [4.69, 9.17) is 9.47 Å². The summed E-state index contributed by atoms with van der Waals surface area (Å²) in [5.74, 6) is -1.54. The lowest BCUT2D eigenvalue weighted by Gasteiger charge is -2.42. The standard InChI is InChI=1S/C25H26F2N4O3/c1-15-12-30(14-28-15)19-8-6-17(10-20(19)33-5)11-21-24(32)31(13-25(3,4)34-21)16(2)18-7-9-22(26)29-23(18)27/h6-12,14,16H,13H2,1-5H3/t16-/m0/s1. The molecule has 3 heterocycles. The monoisotopic (exact) mass is 468 g/mol. The quantitative estimate of drug-likeness (QED) is 0.404. The summed E-state index contributed by atoms with van der Waals surface area (Å²) in [6, 6.07) is 7.22. The molecule has 2 aromatic heterocycles. The van der Waals surface area contributed by atoms with Gasteiger partial charge in [0.2, 0.25) is 11.9 Å². The number of benzene rings is 1. The molecular formula is C25H26F2N4O3. The maximum Gasteiger partial charge on any atom is 0.289 e. The molecule has 1 fully saturated rings. The molecule has 178 valence electrons. The molecule has 9 heteroatoms. The van der Waals surface area contributed by atoms with Crippen molar-refractivity contribution in [1.29, 1.82) is 0 Å². The minimum atomic E-state index is -0.940. The van der Waals surface area contributed by atoms with Gasteiger partial charge in [-0.3, -0.25) is 4.79 Å². The minimum absolute atomic E-state index is 0.117. The normalized spacial score (nSPS) is 17.6. The number of ether oxygens (including phenoxy) is 2. The first-order valence-electron chi connectivity index (χ1n) is 10.8. The van der Waals surface area contributed by atoms with Gasteiger partial charge in [-0.1, -0.05) is 6.07 Å². The smallest absolute Gasteiger partial charge is 0.289 e. The molecule has 0 bridgehead atoms. The van der Waals surface area contributed by atoms with Gasteiger partial charge < -0.3 is 18.9 Å². The van der Waals surface area contributed by atoms with Crippen LogP contribution in [0.5, 0.6) is 5.75 Å². The van der Waals surface area contributed by atoms with E-state index in [-0.39, 0.29) is 17.9 Å². The summed E-state index contributed by atoms with van der Waals surface area (Å²) in [5, 5.41) is 0. The third-order valence-corrected chi connectivity index (χ3v) is 5.66. The summed E-state index contributed by atoms with van der Waals surface area (Å²) in [5.41, 5.74) is 1.78.